The predicted octanol–water partition coefficient (Wildman–Crippen LogP) is 3.07. The Bertz CT molecular complexity index is 723. The average Bonchev–Trinajstić information content (AvgIpc) is 3.21. The summed E-state index contributed by atoms with van der Waals surface area (Å²) in [6, 6.07) is 10.2. The van der Waals surface area contributed by atoms with Crippen molar-refractivity contribution in [2.45, 2.75) is 45.7 Å². The molecule has 1 aromatic heterocycles. The molecule has 1 aromatic carbocycles. The van der Waals surface area contributed by atoms with E-state index < -0.39 is 0 Å². The van der Waals surface area contributed by atoms with Gasteiger partial charge in [-0.15, -0.1) is 0 Å². The quantitative estimate of drug-likeness (QED) is 0.848. The lowest BCUT2D eigenvalue weighted by atomic mass is 10.0. The molecule has 1 saturated heterocycles. The zero-order valence-electron chi connectivity index (χ0n) is 14.7. The van der Waals surface area contributed by atoms with Crippen molar-refractivity contribution in [1.82, 2.24) is 14.7 Å². The summed E-state index contributed by atoms with van der Waals surface area (Å²) in [5.74, 6) is 0.987. The van der Waals surface area contributed by atoms with Gasteiger partial charge in [-0.25, -0.2) is 0 Å². The van der Waals surface area contributed by atoms with Crippen LogP contribution in [0.15, 0.2) is 30.3 Å². The molecule has 2 heterocycles. The molecule has 0 N–H and O–H groups in total. The van der Waals surface area contributed by atoms with E-state index >= 15 is 0 Å². The van der Waals surface area contributed by atoms with Crippen LogP contribution in [-0.4, -0.2) is 40.3 Å². The number of likely N-dealkylation sites (tertiary alicyclic amines) is 1. The van der Waals surface area contributed by atoms with Crippen molar-refractivity contribution in [2.24, 2.45) is 0 Å². The number of hydrogen-bond acceptors (Lipinski definition) is 3. The molecule has 2 aromatic rings. The maximum atomic E-state index is 13.0. The molecule has 128 valence electrons. The van der Waals surface area contributed by atoms with Crippen molar-refractivity contribution in [1.29, 1.82) is 0 Å². The van der Waals surface area contributed by atoms with Crippen LogP contribution in [0.1, 0.15) is 41.5 Å². The first-order valence-corrected chi connectivity index (χ1v) is 8.61. The van der Waals surface area contributed by atoms with Crippen molar-refractivity contribution in [3.63, 3.8) is 0 Å². The van der Waals surface area contributed by atoms with Gasteiger partial charge in [-0.2, -0.15) is 5.10 Å². The van der Waals surface area contributed by atoms with Crippen LogP contribution >= 0.6 is 0 Å². The van der Waals surface area contributed by atoms with E-state index in [4.69, 9.17) is 4.74 Å². The zero-order valence-corrected chi connectivity index (χ0v) is 14.7. The highest BCUT2D eigenvalue weighted by Gasteiger charge is 2.31. The van der Waals surface area contributed by atoms with Gasteiger partial charge in [0.05, 0.1) is 12.8 Å². The Morgan fingerprint density at radius 3 is 2.92 bits per heavy atom. The van der Waals surface area contributed by atoms with E-state index in [1.54, 1.807) is 11.8 Å². The number of para-hydroxylation sites is 1. The molecular formula is C19H25N3O2. The third kappa shape index (κ3) is 3.16. The van der Waals surface area contributed by atoms with Gasteiger partial charge < -0.3 is 9.64 Å². The molecule has 1 atom stereocenters. The van der Waals surface area contributed by atoms with Crippen LogP contribution in [0.3, 0.4) is 0 Å². The smallest absolute Gasteiger partial charge is 0.272 e. The van der Waals surface area contributed by atoms with Gasteiger partial charge in [0, 0.05) is 19.1 Å². The van der Waals surface area contributed by atoms with Crippen LogP contribution in [0.25, 0.3) is 0 Å². The average molecular weight is 327 g/mol. The Morgan fingerprint density at radius 1 is 1.38 bits per heavy atom. The first kappa shape index (κ1) is 16.6. The number of aryl methyl sites for hydroxylation is 2. The summed E-state index contributed by atoms with van der Waals surface area (Å²) in [4.78, 5) is 15.0. The third-order valence-corrected chi connectivity index (χ3v) is 4.71. The van der Waals surface area contributed by atoms with Crippen molar-refractivity contribution in [3.8, 4) is 5.75 Å². The second-order valence-corrected chi connectivity index (χ2v) is 6.30. The molecule has 0 spiro atoms. The van der Waals surface area contributed by atoms with Crippen molar-refractivity contribution >= 4 is 5.91 Å². The largest absolute Gasteiger partial charge is 0.496 e. The fourth-order valence-electron chi connectivity index (χ4n) is 3.55. The highest BCUT2D eigenvalue weighted by atomic mass is 16.5. The Morgan fingerprint density at radius 2 is 2.17 bits per heavy atom. The Labute approximate surface area is 143 Å². The van der Waals surface area contributed by atoms with E-state index in [1.807, 2.05) is 43.0 Å². The van der Waals surface area contributed by atoms with Gasteiger partial charge in [-0.05, 0) is 50.8 Å². The molecule has 5 heteroatoms. The molecule has 0 bridgehead atoms. The number of rotatable bonds is 5. The van der Waals surface area contributed by atoms with Gasteiger partial charge in [0.1, 0.15) is 11.4 Å². The summed E-state index contributed by atoms with van der Waals surface area (Å²) in [7, 11) is 1.69. The van der Waals surface area contributed by atoms with E-state index in [-0.39, 0.29) is 11.9 Å². The van der Waals surface area contributed by atoms with Crippen LogP contribution in [0.2, 0.25) is 0 Å². The summed E-state index contributed by atoms with van der Waals surface area (Å²) < 4.78 is 7.26. The Kier molecular flexibility index (Phi) is 4.88. The molecule has 24 heavy (non-hydrogen) atoms. The number of nitrogens with zero attached hydrogens (tertiary/aromatic N) is 3. The normalized spacial score (nSPS) is 17.3. The van der Waals surface area contributed by atoms with Gasteiger partial charge in [0.15, 0.2) is 0 Å². The first-order valence-electron chi connectivity index (χ1n) is 8.61. The monoisotopic (exact) mass is 327 g/mol. The lowest BCUT2D eigenvalue weighted by molar-refractivity contribution is 0.0723. The maximum Gasteiger partial charge on any atom is 0.272 e. The predicted molar refractivity (Wildman–Crippen MR) is 93.4 cm³/mol. The van der Waals surface area contributed by atoms with Gasteiger partial charge in [0.2, 0.25) is 0 Å². The van der Waals surface area contributed by atoms with Crippen molar-refractivity contribution < 1.29 is 9.53 Å². The molecule has 0 radical (unpaired) electrons. The minimum atomic E-state index is 0.0925. The summed E-state index contributed by atoms with van der Waals surface area (Å²) in [6.07, 6.45) is 2.91. The molecule has 1 fully saturated rings. The highest BCUT2D eigenvalue weighted by Crippen LogP contribution is 2.27. The fraction of sp³-hybridized carbons (Fsp3) is 0.474. The molecule has 0 unspecified atom stereocenters. The molecule has 1 aliphatic rings. The molecule has 5 nitrogen and oxygen atoms in total. The molecule has 0 aliphatic carbocycles. The minimum absolute atomic E-state index is 0.0925. The second-order valence-electron chi connectivity index (χ2n) is 6.30. The fourth-order valence-corrected chi connectivity index (χ4v) is 3.55. The minimum Gasteiger partial charge on any atom is -0.496 e. The molecule has 0 saturated carbocycles. The summed E-state index contributed by atoms with van der Waals surface area (Å²) in [6.45, 7) is 5.46. The van der Waals surface area contributed by atoms with Gasteiger partial charge in [0.25, 0.3) is 5.91 Å². The topological polar surface area (TPSA) is 47.4 Å². The number of carbonyl (C=O) groups excluding carboxylic acids is 1. The van der Waals surface area contributed by atoms with Crippen molar-refractivity contribution in [3.05, 3.63) is 47.3 Å². The van der Waals surface area contributed by atoms with E-state index in [9.17, 15) is 4.79 Å². The maximum absolute atomic E-state index is 13.0. The van der Waals surface area contributed by atoms with E-state index in [0.29, 0.717) is 12.2 Å². The number of benzene rings is 1. The lowest BCUT2D eigenvalue weighted by Gasteiger charge is -2.25. The van der Waals surface area contributed by atoms with Crippen LogP contribution in [-0.2, 0) is 13.0 Å². The van der Waals surface area contributed by atoms with Crippen LogP contribution < -0.4 is 4.74 Å². The number of ether oxygens (including phenoxy) is 1. The molecule has 1 aliphatic heterocycles. The Hall–Kier alpha value is -2.30. The summed E-state index contributed by atoms with van der Waals surface area (Å²) in [5.41, 5.74) is 2.74. The Balaban J connectivity index is 1.81. The number of amides is 1. The molecule has 1 amide bonds. The van der Waals surface area contributed by atoms with E-state index in [2.05, 4.69) is 11.2 Å². The number of aromatic nitrogens is 2. The molecule has 3 rings (SSSR count). The SMILES string of the molecule is CCn1nc(C)cc1C(=O)N1CCC[C@H]1Cc1ccccc1OC. The second kappa shape index (κ2) is 7.07. The van der Waals surface area contributed by atoms with Crippen molar-refractivity contribution in [2.75, 3.05) is 13.7 Å². The van der Waals surface area contributed by atoms with Crippen LogP contribution in [0.5, 0.6) is 5.75 Å². The summed E-state index contributed by atoms with van der Waals surface area (Å²) in [5, 5.41) is 4.41. The van der Waals surface area contributed by atoms with E-state index in [0.717, 1.165) is 42.8 Å². The van der Waals surface area contributed by atoms with Gasteiger partial charge >= 0.3 is 0 Å². The van der Waals surface area contributed by atoms with Gasteiger partial charge in [-0.3, -0.25) is 9.48 Å². The number of hydrogen-bond donors (Lipinski definition) is 0. The molecular weight excluding hydrogens is 302 g/mol. The standard InChI is InChI=1S/C19H25N3O2/c1-4-22-17(12-14(2)20-22)19(23)21-11-7-9-16(21)13-15-8-5-6-10-18(15)24-3/h5-6,8,10,12,16H,4,7,9,11,13H2,1-3H3/t16-/m0/s1. The lowest BCUT2D eigenvalue weighted by Crippen LogP contribution is -2.38. The third-order valence-electron chi connectivity index (χ3n) is 4.71. The first-order chi connectivity index (χ1) is 11.6. The van der Waals surface area contributed by atoms with E-state index in [1.165, 1.54) is 0 Å². The van der Waals surface area contributed by atoms with Crippen LogP contribution in [0, 0.1) is 6.92 Å². The zero-order chi connectivity index (χ0) is 17.1. The van der Waals surface area contributed by atoms with Gasteiger partial charge in [-0.1, -0.05) is 18.2 Å². The number of carbonyl (C=O) groups is 1. The number of methoxy groups -OCH3 is 1. The summed E-state index contributed by atoms with van der Waals surface area (Å²) >= 11 is 0. The van der Waals surface area contributed by atoms with Crippen LogP contribution in [0.4, 0.5) is 0 Å². The highest BCUT2D eigenvalue weighted by molar-refractivity contribution is 5.93.